The van der Waals surface area contributed by atoms with Crippen molar-refractivity contribution in [3.8, 4) is 0 Å². The number of hydrogen-bond acceptors (Lipinski definition) is 8. The quantitative estimate of drug-likeness (QED) is 0.642. The van der Waals surface area contributed by atoms with Crippen molar-refractivity contribution < 1.29 is 9.53 Å². The molecule has 3 N–H and O–H groups in total. The fourth-order valence-electron chi connectivity index (χ4n) is 3.46. The summed E-state index contributed by atoms with van der Waals surface area (Å²) in [7, 11) is 0. The van der Waals surface area contributed by atoms with E-state index in [0.29, 0.717) is 36.7 Å². The Bertz CT molecular complexity index is 812. The lowest BCUT2D eigenvalue weighted by Crippen LogP contribution is -2.39. The van der Waals surface area contributed by atoms with Crippen LogP contribution in [0.4, 0.5) is 28.3 Å². The third kappa shape index (κ3) is 5.26. The van der Waals surface area contributed by atoms with Gasteiger partial charge in [0.1, 0.15) is 0 Å². The molecule has 1 aromatic heterocycles. The summed E-state index contributed by atoms with van der Waals surface area (Å²) in [4.78, 5) is 30.2. The molecule has 3 heterocycles. The van der Waals surface area contributed by atoms with E-state index in [0.717, 1.165) is 44.6 Å². The van der Waals surface area contributed by atoms with Crippen LogP contribution in [0, 0.1) is 6.92 Å². The maximum atomic E-state index is 12.3. The fourth-order valence-corrected chi connectivity index (χ4v) is 3.46. The van der Waals surface area contributed by atoms with Gasteiger partial charge in [-0.25, -0.2) is 10.2 Å². The minimum atomic E-state index is -0.397. The molecule has 2 aliphatic heterocycles. The van der Waals surface area contributed by atoms with Crippen LogP contribution in [0.15, 0.2) is 24.3 Å². The Hall–Kier alpha value is -3.14. The number of rotatable bonds is 5. The lowest BCUT2D eigenvalue weighted by atomic mass is 10.1. The normalized spacial score (nSPS) is 16.8. The zero-order chi connectivity index (χ0) is 20.8. The Balaban J connectivity index is 1.46. The minimum absolute atomic E-state index is 0.311. The molecular weight excluding hydrogens is 384 g/mol. The molecule has 2 aromatic rings. The number of urea groups is 1. The molecular formula is C20H28N8O2. The van der Waals surface area contributed by atoms with Crippen LogP contribution in [0.2, 0.25) is 0 Å². The summed E-state index contributed by atoms with van der Waals surface area (Å²) < 4.78 is 5.44. The molecule has 0 aliphatic carbocycles. The van der Waals surface area contributed by atoms with Gasteiger partial charge in [0.2, 0.25) is 17.8 Å². The van der Waals surface area contributed by atoms with Crippen molar-refractivity contribution in [3.63, 3.8) is 0 Å². The first kappa shape index (κ1) is 20.1. The number of piperidine rings is 1. The summed E-state index contributed by atoms with van der Waals surface area (Å²) in [5, 5.41) is 2.77. The molecule has 30 heavy (non-hydrogen) atoms. The fraction of sp³-hybridized carbons (Fsp3) is 0.500. The molecule has 2 amide bonds. The number of aromatic nitrogens is 3. The van der Waals surface area contributed by atoms with E-state index in [1.807, 2.05) is 31.2 Å². The average molecular weight is 412 g/mol. The van der Waals surface area contributed by atoms with Gasteiger partial charge in [-0.15, -0.1) is 0 Å². The Kier molecular flexibility index (Phi) is 6.43. The van der Waals surface area contributed by atoms with Gasteiger partial charge in [-0.05, 0) is 38.3 Å². The van der Waals surface area contributed by atoms with Crippen LogP contribution in [0.3, 0.4) is 0 Å². The topological polar surface area (TPSA) is 108 Å². The third-order valence-corrected chi connectivity index (χ3v) is 5.14. The number of amides is 2. The molecule has 0 atom stereocenters. The van der Waals surface area contributed by atoms with Gasteiger partial charge in [0.15, 0.2) is 0 Å². The van der Waals surface area contributed by atoms with Crippen molar-refractivity contribution in [2.45, 2.75) is 26.2 Å². The third-order valence-electron chi connectivity index (χ3n) is 5.14. The second-order valence-corrected chi connectivity index (χ2v) is 7.48. The van der Waals surface area contributed by atoms with Crippen LogP contribution in [0.5, 0.6) is 0 Å². The number of aryl methyl sites for hydroxylation is 1. The highest BCUT2D eigenvalue weighted by atomic mass is 16.5. The first-order chi connectivity index (χ1) is 14.7. The van der Waals surface area contributed by atoms with E-state index in [4.69, 9.17) is 4.74 Å². The van der Waals surface area contributed by atoms with Crippen LogP contribution in [-0.4, -0.2) is 60.4 Å². The van der Waals surface area contributed by atoms with Crippen molar-refractivity contribution in [2.75, 3.05) is 59.9 Å². The number of hydrogen-bond donors (Lipinski definition) is 3. The Labute approximate surface area is 176 Å². The Morgan fingerprint density at radius 2 is 1.53 bits per heavy atom. The van der Waals surface area contributed by atoms with Gasteiger partial charge >= 0.3 is 6.03 Å². The molecule has 0 saturated carbocycles. The first-order valence-electron chi connectivity index (χ1n) is 10.4. The summed E-state index contributed by atoms with van der Waals surface area (Å²) in [6.07, 6.45) is 3.47. The lowest BCUT2D eigenvalue weighted by Gasteiger charge is -2.30. The van der Waals surface area contributed by atoms with Gasteiger partial charge < -0.3 is 19.9 Å². The molecule has 0 radical (unpaired) electrons. The van der Waals surface area contributed by atoms with Crippen molar-refractivity contribution in [1.82, 2.24) is 20.4 Å². The van der Waals surface area contributed by atoms with E-state index in [-0.39, 0.29) is 0 Å². The van der Waals surface area contributed by atoms with E-state index in [1.165, 1.54) is 6.42 Å². The largest absolute Gasteiger partial charge is 0.378 e. The summed E-state index contributed by atoms with van der Waals surface area (Å²) in [5.41, 5.74) is 7.27. The molecule has 4 rings (SSSR count). The highest BCUT2D eigenvalue weighted by molar-refractivity contribution is 5.89. The molecule has 0 bridgehead atoms. The standard InChI is InChI=1S/C20H28N8O2/c1-15-5-7-16(8-6-15)21-20(29)26-25-17-22-18(27-9-3-2-4-10-27)24-19(23-17)28-11-13-30-14-12-28/h5-8H,2-4,9-14H2,1H3,(H2,21,26,29)(H,22,23,24,25). The van der Waals surface area contributed by atoms with Crippen molar-refractivity contribution in [1.29, 1.82) is 0 Å². The summed E-state index contributed by atoms with van der Waals surface area (Å²) in [5.74, 6) is 1.54. The van der Waals surface area contributed by atoms with Gasteiger partial charge in [0, 0.05) is 31.9 Å². The van der Waals surface area contributed by atoms with E-state index < -0.39 is 6.03 Å². The zero-order valence-corrected chi connectivity index (χ0v) is 17.2. The van der Waals surface area contributed by atoms with E-state index >= 15 is 0 Å². The first-order valence-corrected chi connectivity index (χ1v) is 10.4. The summed E-state index contributed by atoms with van der Waals surface area (Å²) in [6.45, 7) is 6.59. The number of carbonyl (C=O) groups is 1. The average Bonchev–Trinajstić information content (AvgIpc) is 2.80. The van der Waals surface area contributed by atoms with Crippen molar-refractivity contribution in [2.24, 2.45) is 0 Å². The monoisotopic (exact) mass is 412 g/mol. The number of carbonyl (C=O) groups excluding carboxylic acids is 1. The molecule has 10 heteroatoms. The summed E-state index contributed by atoms with van der Waals surface area (Å²) in [6, 6.07) is 7.18. The van der Waals surface area contributed by atoms with Crippen LogP contribution >= 0.6 is 0 Å². The number of hydrazine groups is 1. The molecule has 160 valence electrons. The SMILES string of the molecule is Cc1ccc(NC(=O)NNc2nc(N3CCCCC3)nc(N3CCOCC3)n2)cc1. The second kappa shape index (κ2) is 9.57. The number of morpholine rings is 1. The van der Waals surface area contributed by atoms with Gasteiger partial charge in [-0.2, -0.15) is 15.0 Å². The number of nitrogens with one attached hydrogen (secondary N) is 3. The summed E-state index contributed by atoms with van der Waals surface area (Å²) >= 11 is 0. The molecule has 0 spiro atoms. The smallest absolute Gasteiger partial charge is 0.337 e. The van der Waals surface area contributed by atoms with Crippen molar-refractivity contribution in [3.05, 3.63) is 29.8 Å². The maximum Gasteiger partial charge on any atom is 0.337 e. The number of anilines is 4. The maximum absolute atomic E-state index is 12.3. The Morgan fingerprint density at radius 3 is 2.20 bits per heavy atom. The minimum Gasteiger partial charge on any atom is -0.378 e. The van der Waals surface area contributed by atoms with Crippen LogP contribution in [0.1, 0.15) is 24.8 Å². The molecule has 2 aliphatic rings. The van der Waals surface area contributed by atoms with Crippen LogP contribution in [0.25, 0.3) is 0 Å². The number of ether oxygens (including phenoxy) is 1. The van der Waals surface area contributed by atoms with Gasteiger partial charge in [0.25, 0.3) is 0 Å². The molecule has 10 nitrogen and oxygen atoms in total. The highest BCUT2D eigenvalue weighted by Gasteiger charge is 2.20. The van der Waals surface area contributed by atoms with Crippen LogP contribution < -0.4 is 26.0 Å². The molecule has 0 unspecified atom stereocenters. The number of benzene rings is 1. The van der Waals surface area contributed by atoms with Gasteiger partial charge in [-0.1, -0.05) is 17.7 Å². The van der Waals surface area contributed by atoms with E-state index in [9.17, 15) is 4.79 Å². The van der Waals surface area contributed by atoms with Crippen LogP contribution in [-0.2, 0) is 4.74 Å². The Morgan fingerprint density at radius 1 is 0.900 bits per heavy atom. The number of nitrogens with zero attached hydrogens (tertiary/aromatic N) is 5. The predicted molar refractivity (Wildman–Crippen MR) is 116 cm³/mol. The van der Waals surface area contributed by atoms with E-state index in [2.05, 4.69) is 40.9 Å². The highest BCUT2D eigenvalue weighted by Crippen LogP contribution is 2.20. The van der Waals surface area contributed by atoms with Crippen molar-refractivity contribution >= 4 is 29.6 Å². The predicted octanol–water partition coefficient (Wildman–Crippen LogP) is 2.16. The molecule has 1 aromatic carbocycles. The van der Waals surface area contributed by atoms with Gasteiger partial charge in [0.05, 0.1) is 13.2 Å². The zero-order valence-electron chi connectivity index (χ0n) is 17.2. The second-order valence-electron chi connectivity index (χ2n) is 7.48. The van der Waals surface area contributed by atoms with Gasteiger partial charge in [-0.3, -0.25) is 5.43 Å². The lowest BCUT2D eigenvalue weighted by molar-refractivity contribution is 0.122. The van der Waals surface area contributed by atoms with E-state index in [1.54, 1.807) is 0 Å². The molecule has 2 saturated heterocycles. The molecule has 2 fully saturated rings.